The number of halogens is 3. The van der Waals surface area contributed by atoms with E-state index in [9.17, 15) is 27.9 Å². The van der Waals surface area contributed by atoms with E-state index in [1.54, 1.807) is 4.90 Å². The Labute approximate surface area is 180 Å². The Morgan fingerprint density at radius 2 is 2.09 bits per heavy atom. The standard InChI is InChI=1S/C19H21F3N6O4/c1-23-15(29)12-8-11(32-26-12)10-28(17(30)31)14-9-18(14)3-6-27(7-4-18)16-24-5-2-13(25-16)19(20,21)22/h2,5,8,14H,3-4,6-7,9-10H2,1H3,(H,23,29)(H,30,31)/p-1. The molecule has 2 fully saturated rings. The van der Waals surface area contributed by atoms with Gasteiger partial charge in [-0.2, -0.15) is 13.2 Å². The number of rotatable bonds is 5. The Morgan fingerprint density at radius 3 is 2.72 bits per heavy atom. The van der Waals surface area contributed by atoms with Gasteiger partial charge in [0.15, 0.2) is 11.5 Å². The first-order valence-corrected chi connectivity index (χ1v) is 9.93. The number of amides is 2. The van der Waals surface area contributed by atoms with E-state index in [1.807, 2.05) is 0 Å². The van der Waals surface area contributed by atoms with Gasteiger partial charge in [-0.3, -0.25) is 4.79 Å². The molecule has 2 amide bonds. The van der Waals surface area contributed by atoms with Crippen LogP contribution in [0, 0.1) is 5.41 Å². The van der Waals surface area contributed by atoms with Crippen molar-refractivity contribution in [1.82, 2.24) is 25.3 Å². The average molecular weight is 453 g/mol. The van der Waals surface area contributed by atoms with Gasteiger partial charge in [0.05, 0.1) is 6.54 Å². The Kier molecular flexibility index (Phi) is 5.42. The van der Waals surface area contributed by atoms with Gasteiger partial charge in [0, 0.05) is 38.4 Å². The lowest BCUT2D eigenvalue weighted by Gasteiger charge is -2.35. The summed E-state index contributed by atoms with van der Waals surface area (Å²) in [4.78, 5) is 33.8. The number of nitrogens with zero attached hydrogens (tertiary/aromatic N) is 5. The summed E-state index contributed by atoms with van der Waals surface area (Å²) in [6.07, 6.45) is -3.09. The number of carbonyl (C=O) groups excluding carboxylic acids is 2. The van der Waals surface area contributed by atoms with Crippen LogP contribution in [-0.4, -0.2) is 58.2 Å². The molecule has 2 aromatic rings. The van der Waals surface area contributed by atoms with Gasteiger partial charge in [0.1, 0.15) is 11.8 Å². The van der Waals surface area contributed by atoms with Crippen molar-refractivity contribution in [1.29, 1.82) is 0 Å². The minimum absolute atomic E-state index is 0.00650. The van der Waals surface area contributed by atoms with E-state index >= 15 is 0 Å². The number of hydrogen-bond acceptors (Lipinski definition) is 8. The van der Waals surface area contributed by atoms with Crippen molar-refractivity contribution in [2.24, 2.45) is 5.41 Å². The molecule has 1 aliphatic carbocycles. The molecule has 1 atom stereocenters. The quantitative estimate of drug-likeness (QED) is 0.712. The second kappa shape index (κ2) is 7.95. The first kappa shape index (κ1) is 21.8. The second-order valence-electron chi connectivity index (χ2n) is 7.96. The first-order chi connectivity index (χ1) is 15.1. The van der Waals surface area contributed by atoms with Crippen LogP contribution in [0.1, 0.15) is 41.2 Å². The number of hydrogen-bond donors (Lipinski definition) is 1. The number of aromatic nitrogens is 3. The molecule has 32 heavy (non-hydrogen) atoms. The fourth-order valence-corrected chi connectivity index (χ4v) is 4.21. The zero-order chi connectivity index (χ0) is 23.1. The van der Waals surface area contributed by atoms with Crippen LogP contribution in [0.5, 0.6) is 0 Å². The van der Waals surface area contributed by atoms with Crippen LogP contribution in [-0.2, 0) is 12.7 Å². The highest BCUT2D eigenvalue weighted by Gasteiger charge is 2.58. The van der Waals surface area contributed by atoms with Crippen LogP contribution < -0.4 is 15.3 Å². The average Bonchev–Trinajstić information content (AvgIpc) is 3.23. The van der Waals surface area contributed by atoms with E-state index < -0.39 is 23.9 Å². The van der Waals surface area contributed by atoms with Crippen LogP contribution in [0.25, 0.3) is 0 Å². The minimum atomic E-state index is -4.55. The Hall–Kier alpha value is -3.38. The molecule has 1 aliphatic heterocycles. The molecule has 1 saturated heterocycles. The summed E-state index contributed by atoms with van der Waals surface area (Å²) < 4.78 is 43.8. The fraction of sp³-hybridized carbons (Fsp3) is 0.526. The van der Waals surface area contributed by atoms with Crippen molar-refractivity contribution in [3.63, 3.8) is 0 Å². The molecular weight excluding hydrogens is 433 g/mol. The molecule has 172 valence electrons. The molecular formula is C19H20F3N6O4-. The minimum Gasteiger partial charge on any atom is -0.530 e. The molecule has 0 aromatic carbocycles. The molecule has 1 unspecified atom stereocenters. The van der Waals surface area contributed by atoms with Gasteiger partial charge >= 0.3 is 6.18 Å². The van der Waals surface area contributed by atoms with Gasteiger partial charge in [-0.05, 0) is 30.7 Å². The van der Waals surface area contributed by atoms with E-state index in [1.165, 1.54) is 13.1 Å². The van der Waals surface area contributed by atoms with Crippen molar-refractivity contribution >= 4 is 17.9 Å². The number of anilines is 1. The molecule has 0 bridgehead atoms. The molecule has 1 saturated carbocycles. The van der Waals surface area contributed by atoms with E-state index in [4.69, 9.17) is 4.52 Å². The second-order valence-corrected chi connectivity index (χ2v) is 7.96. The fourth-order valence-electron chi connectivity index (χ4n) is 4.21. The number of carbonyl (C=O) groups is 2. The number of nitrogens with one attached hydrogen (secondary N) is 1. The summed E-state index contributed by atoms with van der Waals surface area (Å²) in [5.41, 5.74) is -1.25. The third-order valence-corrected chi connectivity index (χ3v) is 6.08. The molecule has 10 nitrogen and oxygen atoms in total. The number of alkyl halides is 3. The molecule has 2 aromatic heterocycles. The van der Waals surface area contributed by atoms with Crippen molar-refractivity contribution in [3.05, 3.63) is 35.5 Å². The van der Waals surface area contributed by atoms with Crippen LogP contribution in [0.2, 0.25) is 0 Å². The molecule has 1 spiro atoms. The zero-order valence-electron chi connectivity index (χ0n) is 17.1. The third kappa shape index (κ3) is 4.18. The number of piperidine rings is 1. The van der Waals surface area contributed by atoms with Crippen molar-refractivity contribution in [2.75, 3.05) is 25.0 Å². The maximum Gasteiger partial charge on any atom is 0.433 e. The number of carboxylic acid groups (broad SMARTS) is 1. The summed E-state index contributed by atoms with van der Waals surface area (Å²) in [6.45, 7) is 0.697. The summed E-state index contributed by atoms with van der Waals surface area (Å²) in [5, 5.41) is 17.8. The molecule has 3 heterocycles. The Balaban J connectivity index is 1.40. The van der Waals surface area contributed by atoms with Crippen LogP contribution in [0.15, 0.2) is 22.9 Å². The Morgan fingerprint density at radius 1 is 1.38 bits per heavy atom. The van der Waals surface area contributed by atoms with E-state index in [-0.39, 0.29) is 35.4 Å². The smallest absolute Gasteiger partial charge is 0.433 e. The molecule has 4 rings (SSSR count). The van der Waals surface area contributed by atoms with E-state index in [2.05, 4.69) is 20.4 Å². The zero-order valence-corrected chi connectivity index (χ0v) is 17.1. The molecule has 13 heteroatoms. The van der Waals surface area contributed by atoms with E-state index in [0.717, 1.165) is 17.2 Å². The monoisotopic (exact) mass is 453 g/mol. The summed E-state index contributed by atoms with van der Waals surface area (Å²) in [5.74, 6) is -0.233. The van der Waals surface area contributed by atoms with Gasteiger partial charge in [0.2, 0.25) is 5.95 Å². The van der Waals surface area contributed by atoms with Gasteiger partial charge in [0.25, 0.3) is 5.91 Å². The topological polar surface area (TPSA) is 128 Å². The van der Waals surface area contributed by atoms with Crippen molar-refractivity contribution in [2.45, 2.75) is 38.0 Å². The maximum absolute atomic E-state index is 12.9. The Bertz CT molecular complexity index is 1020. The van der Waals surface area contributed by atoms with Gasteiger partial charge in [-0.1, -0.05) is 5.16 Å². The summed E-state index contributed by atoms with van der Waals surface area (Å²) >= 11 is 0. The van der Waals surface area contributed by atoms with E-state index in [0.29, 0.717) is 32.4 Å². The third-order valence-electron chi connectivity index (χ3n) is 6.08. The van der Waals surface area contributed by atoms with Crippen molar-refractivity contribution < 1.29 is 32.4 Å². The molecule has 2 aliphatic rings. The largest absolute Gasteiger partial charge is 0.530 e. The van der Waals surface area contributed by atoms with Crippen LogP contribution >= 0.6 is 0 Å². The highest BCUT2D eigenvalue weighted by molar-refractivity contribution is 5.91. The molecule has 0 radical (unpaired) electrons. The highest BCUT2D eigenvalue weighted by atomic mass is 19.4. The lowest BCUT2D eigenvalue weighted by atomic mass is 9.92. The highest BCUT2D eigenvalue weighted by Crippen LogP contribution is 2.57. The van der Waals surface area contributed by atoms with Gasteiger partial charge < -0.3 is 29.5 Å². The normalized spacial score (nSPS) is 19.6. The SMILES string of the molecule is CNC(=O)c1cc(CN(C(=O)[O-])C2CC23CCN(c2nccc(C(F)(F)F)n2)CC3)on1. The molecule has 1 N–H and O–H groups in total. The van der Waals surface area contributed by atoms with Crippen LogP contribution in [0.4, 0.5) is 23.9 Å². The lowest BCUT2D eigenvalue weighted by Crippen LogP contribution is -2.45. The summed E-state index contributed by atoms with van der Waals surface area (Å²) in [6, 6.07) is 1.88. The van der Waals surface area contributed by atoms with Gasteiger partial charge in [-0.15, -0.1) is 0 Å². The maximum atomic E-state index is 12.9. The predicted molar refractivity (Wildman–Crippen MR) is 100 cm³/mol. The first-order valence-electron chi connectivity index (χ1n) is 9.93. The lowest BCUT2D eigenvalue weighted by molar-refractivity contribution is -0.268. The van der Waals surface area contributed by atoms with Crippen LogP contribution in [0.3, 0.4) is 0 Å². The van der Waals surface area contributed by atoms with Gasteiger partial charge in [-0.25, -0.2) is 9.97 Å². The predicted octanol–water partition coefficient (Wildman–Crippen LogP) is 1.05. The van der Waals surface area contributed by atoms with Crippen molar-refractivity contribution in [3.8, 4) is 0 Å². The summed E-state index contributed by atoms with van der Waals surface area (Å²) in [7, 11) is 1.44.